The van der Waals surface area contributed by atoms with Gasteiger partial charge in [-0.05, 0) is 32.4 Å². The zero-order valence-corrected chi connectivity index (χ0v) is 31.4. The van der Waals surface area contributed by atoms with Gasteiger partial charge in [-0.25, -0.2) is 8.78 Å². The van der Waals surface area contributed by atoms with Crippen LogP contribution < -0.4 is 0 Å². The molecule has 0 aromatic heterocycles. The Morgan fingerprint density at radius 2 is 1.09 bits per heavy atom. The zero-order valence-electron chi connectivity index (χ0n) is 30.5. The SMILES string of the molecule is C.C.CC(=O)C(C)C.CC(=O)C(C)C.CC(C)C(=O)C(C)C.CC(C)C(=O)c1ccc(F)cc1F.CCCCOP(C)(=O)C(C)C. The Labute approximate surface area is 282 Å². The van der Waals surface area contributed by atoms with Gasteiger partial charge in [-0.15, -0.1) is 0 Å². The molecule has 0 saturated heterocycles. The molecule has 0 radical (unpaired) electrons. The lowest BCUT2D eigenvalue weighted by Gasteiger charge is -2.16. The molecule has 9 heteroatoms. The molecular formula is C37H71F2O6P. The molecule has 0 fully saturated rings. The Balaban J connectivity index is -0.000000111. The second-order valence-electron chi connectivity index (χ2n) is 12.6. The third kappa shape index (κ3) is 31.9. The van der Waals surface area contributed by atoms with Crippen LogP contribution in [0.15, 0.2) is 18.2 Å². The standard InChI is InChI=1S/C10H10F2O.C8H19O2P.C7H14O.2C5H10O.2CH4/c1-6(2)10(13)8-4-3-7(11)5-9(8)12;1-5-6-7-10-11(4,9)8(2)3;1-5(2)7(8)6(3)4;2*1-4(2)5(3)6;;/h3-6H,1-2H3;8H,5-7H2,1-4H3;5-6H,1-4H3;2*4H,1-3H3;2*1H4. The number of unbranched alkanes of at least 4 members (excludes halogenated alkanes) is 1. The van der Waals surface area contributed by atoms with Crippen LogP contribution in [0, 0.1) is 41.2 Å². The highest BCUT2D eigenvalue weighted by Gasteiger charge is 2.20. The van der Waals surface area contributed by atoms with Crippen LogP contribution in [-0.2, 0) is 23.5 Å². The van der Waals surface area contributed by atoms with E-state index in [0.29, 0.717) is 12.4 Å². The molecule has 0 aliphatic rings. The fraction of sp³-hybridized carbons (Fsp3) is 0.730. The van der Waals surface area contributed by atoms with Crippen LogP contribution in [-0.4, -0.2) is 42.1 Å². The van der Waals surface area contributed by atoms with Crippen molar-refractivity contribution >= 4 is 30.5 Å². The molecule has 1 aromatic rings. The normalized spacial score (nSPS) is 11.3. The highest BCUT2D eigenvalue weighted by Crippen LogP contribution is 2.47. The number of Topliss-reactive ketones (excluding diaryl/α,β-unsaturated/α-hetero) is 4. The lowest BCUT2D eigenvalue weighted by molar-refractivity contribution is -0.124. The minimum atomic E-state index is -2.29. The van der Waals surface area contributed by atoms with Gasteiger partial charge in [-0.1, -0.05) is 111 Å². The van der Waals surface area contributed by atoms with E-state index in [9.17, 15) is 32.5 Å². The lowest BCUT2D eigenvalue weighted by Crippen LogP contribution is -2.13. The monoisotopic (exact) mass is 680 g/mol. The first-order valence-corrected chi connectivity index (χ1v) is 17.8. The van der Waals surface area contributed by atoms with Crippen LogP contribution in [0.2, 0.25) is 0 Å². The molecular weight excluding hydrogens is 609 g/mol. The minimum absolute atomic E-state index is 0. The lowest BCUT2D eigenvalue weighted by atomic mass is 9.99. The summed E-state index contributed by atoms with van der Waals surface area (Å²) in [6.45, 7) is 30.2. The molecule has 0 bridgehead atoms. The van der Waals surface area contributed by atoms with Gasteiger partial charge in [0.15, 0.2) is 5.78 Å². The van der Waals surface area contributed by atoms with Crippen LogP contribution in [0.3, 0.4) is 0 Å². The zero-order chi connectivity index (χ0) is 36.0. The van der Waals surface area contributed by atoms with E-state index in [1.165, 1.54) is 6.07 Å². The third-order valence-corrected chi connectivity index (χ3v) is 8.84. The number of hydrogen-bond acceptors (Lipinski definition) is 6. The molecule has 1 rings (SSSR count). The van der Waals surface area contributed by atoms with Gasteiger partial charge in [0, 0.05) is 48.0 Å². The summed E-state index contributed by atoms with van der Waals surface area (Å²) in [4.78, 5) is 42.4. The Morgan fingerprint density at radius 1 is 0.717 bits per heavy atom. The molecule has 0 saturated carbocycles. The topological polar surface area (TPSA) is 94.6 Å². The number of benzene rings is 1. The summed E-state index contributed by atoms with van der Waals surface area (Å²) < 4.78 is 42.3. The Hall–Kier alpha value is -2.05. The van der Waals surface area contributed by atoms with E-state index >= 15 is 0 Å². The van der Waals surface area contributed by atoms with E-state index in [4.69, 9.17) is 4.52 Å². The highest BCUT2D eigenvalue weighted by atomic mass is 31.2. The van der Waals surface area contributed by atoms with Crippen molar-refractivity contribution < 1.29 is 37.0 Å². The summed E-state index contributed by atoms with van der Waals surface area (Å²) in [7, 11) is -2.29. The molecule has 0 spiro atoms. The van der Waals surface area contributed by atoms with Gasteiger partial charge in [-0.2, -0.15) is 0 Å². The molecule has 6 nitrogen and oxygen atoms in total. The predicted molar refractivity (Wildman–Crippen MR) is 194 cm³/mol. The molecule has 46 heavy (non-hydrogen) atoms. The predicted octanol–water partition coefficient (Wildman–Crippen LogP) is 11.5. The fourth-order valence-electron chi connectivity index (χ4n) is 2.21. The largest absolute Gasteiger partial charge is 0.328 e. The molecule has 1 atom stereocenters. The van der Waals surface area contributed by atoms with E-state index < -0.39 is 19.0 Å². The number of halogens is 2. The van der Waals surface area contributed by atoms with Crippen LogP contribution >= 0.6 is 7.37 Å². The Bertz CT molecular complexity index is 987. The molecule has 0 N–H and O–H groups in total. The van der Waals surface area contributed by atoms with Crippen LogP contribution in [0.5, 0.6) is 0 Å². The number of ketones is 4. The van der Waals surface area contributed by atoms with Gasteiger partial charge >= 0.3 is 0 Å². The summed E-state index contributed by atoms with van der Waals surface area (Å²) in [6.07, 6.45) is 2.10. The van der Waals surface area contributed by atoms with Crippen molar-refractivity contribution in [3.63, 3.8) is 0 Å². The fourth-order valence-corrected chi connectivity index (χ4v) is 3.00. The molecule has 0 heterocycles. The number of rotatable bonds is 11. The van der Waals surface area contributed by atoms with Gasteiger partial charge in [0.25, 0.3) is 0 Å². The van der Waals surface area contributed by atoms with Gasteiger partial charge in [0.2, 0.25) is 7.37 Å². The van der Waals surface area contributed by atoms with Crippen molar-refractivity contribution in [2.24, 2.45) is 29.6 Å². The smallest absolute Gasteiger partial charge is 0.202 e. The number of carbonyl (C=O) groups excluding carboxylic acids is 4. The van der Waals surface area contributed by atoms with E-state index in [1.807, 2.05) is 69.2 Å². The molecule has 0 aliphatic heterocycles. The average Bonchev–Trinajstić information content (AvgIpc) is 2.89. The van der Waals surface area contributed by atoms with Gasteiger partial charge < -0.3 is 4.52 Å². The molecule has 274 valence electrons. The first-order chi connectivity index (χ1) is 19.9. The summed E-state index contributed by atoms with van der Waals surface area (Å²) in [6, 6.07) is 2.97. The van der Waals surface area contributed by atoms with Crippen molar-refractivity contribution in [1.82, 2.24) is 0 Å². The number of carbonyl (C=O) groups is 4. The second kappa shape index (κ2) is 30.3. The minimum Gasteiger partial charge on any atom is -0.328 e. The Morgan fingerprint density at radius 3 is 1.30 bits per heavy atom. The maximum Gasteiger partial charge on any atom is 0.202 e. The second-order valence-corrected chi connectivity index (χ2v) is 15.7. The van der Waals surface area contributed by atoms with Crippen molar-refractivity contribution in [3.8, 4) is 0 Å². The highest BCUT2D eigenvalue weighted by molar-refractivity contribution is 7.58. The Kier molecular flexibility index (Phi) is 37.1. The summed E-state index contributed by atoms with van der Waals surface area (Å²) in [5.74, 6) is -0.344. The van der Waals surface area contributed by atoms with Crippen LogP contribution in [0.25, 0.3) is 0 Å². The van der Waals surface area contributed by atoms with Crippen molar-refractivity contribution in [2.75, 3.05) is 13.3 Å². The van der Waals surface area contributed by atoms with Crippen molar-refractivity contribution in [3.05, 3.63) is 35.4 Å². The van der Waals surface area contributed by atoms with E-state index in [1.54, 1.807) is 34.4 Å². The summed E-state index contributed by atoms with van der Waals surface area (Å²) >= 11 is 0. The maximum atomic E-state index is 13.0. The quantitative estimate of drug-likeness (QED) is 0.131. The van der Waals surface area contributed by atoms with Crippen LogP contribution in [0.1, 0.15) is 142 Å². The number of hydrogen-bond donors (Lipinski definition) is 0. The van der Waals surface area contributed by atoms with Crippen molar-refractivity contribution in [2.45, 2.75) is 137 Å². The summed E-state index contributed by atoms with van der Waals surface area (Å²) in [5.41, 5.74) is 0.107. The molecule has 1 unspecified atom stereocenters. The summed E-state index contributed by atoms with van der Waals surface area (Å²) in [5, 5.41) is 0. The molecule has 1 aromatic carbocycles. The van der Waals surface area contributed by atoms with Gasteiger partial charge in [0.1, 0.15) is 29.0 Å². The first-order valence-electron chi connectivity index (χ1n) is 15.6. The third-order valence-electron chi connectivity index (χ3n) is 6.27. The van der Waals surface area contributed by atoms with E-state index in [-0.39, 0.29) is 73.0 Å². The maximum absolute atomic E-state index is 13.0. The van der Waals surface area contributed by atoms with Crippen molar-refractivity contribution in [1.29, 1.82) is 0 Å². The van der Waals surface area contributed by atoms with Gasteiger partial charge in [-0.3, -0.25) is 23.7 Å². The van der Waals surface area contributed by atoms with Crippen LogP contribution in [0.4, 0.5) is 8.78 Å². The molecule has 0 amide bonds. The van der Waals surface area contributed by atoms with Gasteiger partial charge in [0.05, 0.1) is 12.2 Å². The average molecular weight is 681 g/mol. The molecule has 0 aliphatic carbocycles. The van der Waals surface area contributed by atoms with E-state index in [2.05, 4.69) is 6.92 Å². The first kappa shape index (κ1) is 56.3. The van der Waals surface area contributed by atoms with E-state index in [0.717, 1.165) is 25.0 Å².